The highest BCUT2D eigenvalue weighted by atomic mass is 15.4. The van der Waals surface area contributed by atoms with Gasteiger partial charge in [-0.1, -0.05) is 66.7 Å². The number of hydrogen-bond acceptors (Lipinski definition) is 4. The first-order chi connectivity index (χ1) is 16.0. The van der Waals surface area contributed by atoms with Gasteiger partial charge in [0.1, 0.15) is 0 Å². The summed E-state index contributed by atoms with van der Waals surface area (Å²) in [5.74, 6) is 0. The fraction of sp³-hybridized carbons (Fsp3) is 0.310. The van der Waals surface area contributed by atoms with E-state index in [4.69, 9.17) is 0 Å². The summed E-state index contributed by atoms with van der Waals surface area (Å²) in [6.07, 6.45) is 4.90. The molecular formula is C29H36N4. The second kappa shape index (κ2) is 10.7. The van der Waals surface area contributed by atoms with E-state index in [1.807, 2.05) is 0 Å². The fourth-order valence-corrected chi connectivity index (χ4v) is 4.37. The average molecular weight is 441 g/mol. The van der Waals surface area contributed by atoms with Crippen molar-refractivity contribution in [2.75, 3.05) is 51.1 Å². The Labute approximate surface area is 199 Å². The van der Waals surface area contributed by atoms with Gasteiger partial charge in [-0.15, -0.1) is 0 Å². The Morgan fingerprint density at radius 1 is 0.667 bits per heavy atom. The standard InChI is InChI=1S/C29H36N4/c1-30(2)27-15-10-25(11-16-27)22-32-20-21-33(23-26-12-17-28(18-13-26)31(3)4)29(32)19-14-24-8-6-5-7-9-24/h5-19,29H,20-23H2,1-4H3. The third-order valence-corrected chi connectivity index (χ3v) is 6.36. The normalized spacial score (nSPS) is 15.4. The van der Waals surface area contributed by atoms with Crippen molar-refractivity contribution in [1.29, 1.82) is 0 Å². The van der Waals surface area contributed by atoms with Gasteiger partial charge in [-0.2, -0.15) is 0 Å². The molecule has 0 aliphatic carbocycles. The smallest absolute Gasteiger partial charge is 0.0824 e. The van der Waals surface area contributed by atoms with Gasteiger partial charge in [0, 0.05) is 65.7 Å². The van der Waals surface area contributed by atoms with Crippen LogP contribution in [0.5, 0.6) is 0 Å². The Bertz CT molecular complexity index is 962. The molecule has 1 aliphatic heterocycles. The summed E-state index contributed by atoms with van der Waals surface area (Å²) in [4.78, 5) is 9.46. The molecule has 1 heterocycles. The predicted molar refractivity (Wildman–Crippen MR) is 142 cm³/mol. The SMILES string of the molecule is CN(C)c1ccc(CN2CCN(Cc3ccc(N(C)C)cc3)C2C=Cc2ccccc2)cc1. The van der Waals surface area contributed by atoms with Gasteiger partial charge >= 0.3 is 0 Å². The fourth-order valence-electron chi connectivity index (χ4n) is 4.37. The van der Waals surface area contributed by atoms with E-state index in [2.05, 4.69) is 139 Å². The zero-order valence-corrected chi connectivity index (χ0v) is 20.4. The van der Waals surface area contributed by atoms with E-state index in [0.29, 0.717) is 0 Å². The molecule has 0 atom stereocenters. The number of benzene rings is 3. The molecule has 4 nitrogen and oxygen atoms in total. The minimum Gasteiger partial charge on any atom is -0.378 e. The molecule has 3 aromatic carbocycles. The highest BCUT2D eigenvalue weighted by Gasteiger charge is 2.30. The third kappa shape index (κ3) is 6.04. The van der Waals surface area contributed by atoms with Crippen LogP contribution in [0.25, 0.3) is 6.08 Å². The van der Waals surface area contributed by atoms with E-state index in [1.54, 1.807) is 0 Å². The van der Waals surface area contributed by atoms with Gasteiger partial charge in [0.2, 0.25) is 0 Å². The summed E-state index contributed by atoms with van der Waals surface area (Å²) in [5, 5.41) is 0. The molecule has 4 rings (SSSR count). The van der Waals surface area contributed by atoms with Crippen molar-refractivity contribution >= 4 is 17.5 Å². The van der Waals surface area contributed by atoms with Gasteiger partial charge in [0.15, 0.2) is 0 Å². The number of nitrogens with zero attached hydrogens (tertiary/aromatic N) is 4. The largest absolute Gasteiger partial charge is 0.378 e. The van der Waals surface area contributed by atoms with Crippen LogP contribution in [0.15, 0.2) is 84.9 Å². The summed E-state index contributed by atoms with van der Waals surface area (Å²) in [6, 6.07) is 28.5. The number of anilines is 2. The Kier molecular flexibility index (Phi) is 7.48. The lowest BCUT2D eigenvalue weighted by Crippen LogP contribution is -2.36. The monoisotopic (exact) mass is 440 g/mol. The molecule has 33 heavy (non-hydrogen) atoms. The zero-order valence-electron chi connectivity index (χ0n) is 20.4. The van der Waals surface area contributed by atoms with Gasteiger partial charge < -0.3 is 9.80 Å². The molecule has 0 spiro atoms. The molecule has 0 amide bonds. The topological polar surface area (TPSA) is 13.0 Å². The van der Waals surface area contributed by atoms with Crippen molar-refractivity contribution in [2.24, 2.45) is 0 Å². The molecule has 3 aromatic rings. The van der Waals surface area contributed by atoms with Crippen LogP contribution in [0, 0.1) is 0 Å². The van der Waals surface area contributed by atoms with E-state index in [9.17, 15) is 0 Å². The minimum atomic E-state index is 0.271. The lowest BCUT2D eigenvalue weighted by atomic mass is 10.1. The molecule has 0 N–H and O–H groups in total. The molecule has 1 aliphatic rings. The van der Waals surface area contributed by atoms with Crippen LogP contribution in [0.3, 0.4) is 0 Å². The highest BCUT2D eigenvalue weighted by Crippen LogP contribution is 2.24. The molecule has 172 valence electrons. The maximum absolute atomic E-state index is 2.58. The number of rotatable bonds is 8. The Morgan fingerprint density at radius 2 is 1.12 bits per heavy atom. The molecule has 0 unspecified atom stereocenters. The molecule has 4 heteroatoms. The summed E-state index contributed by atoms with van der Waals surface area (Å²) < 4.78 is 0. The Hall–Kier alpha value is -3.08. The lowest BCUT2D eigenvalue weighted by molar-refractivity contribution is 0.168. The predicted octanol–water partition coefficient (Wildman–Crippen LogP) is 5.18. The first-order valence-corrected chi connectivity index (χ1v) is 11.7. The first kappa shape index (κ1) is 23.1. The van der Waals surface area contributed by atoms with Crippen LogP contribution < -0.4 is 9.80 Å². The van der Waals surface area contributed by atoms with Crippen molar-refractivity contribution in [3.8, 4) is 0 Å². The van der Waals surface area contributed by atoms with Crippen LogP contribution in [0.1, 0.15) is 16.7 Å². The molecule has 0 bridgehead atoms. The van der Waals surface area contributed by atoms with Gasteiger partial charge in [0.25, 0.3) is 0 Å². The lowest BCUT2D eigenvalue weighted by Gasteiger charge is -2.28. The molecule has 1 fully saturated rings. The van der Waals surface area contributed by atoms with E-state index < -0.39 is 0 Å². The number of hydrogen-bond donors (Lipinski definition) is 0. The van der Waals surface area contributed by atoms with Crippen LogP contribution in [0.2, 0.25) is 0 Å². The van der Waals surface area contributed by atoms with E-state index in [-0.39, 0.29) is 6.17 Å². The van der Waals surface area contributed by atoms with E-state index >= 15 is 0 Å². The quantitative estimate of drug-likeness (QED) is 0.479. The van der Waals surface area contributed by atoms with Crippen molar-refractivity contribution < 1.29 is 0 Å². The highest BCUT2D eigenvalue weighted by molar-refractivity contribution is 5.50. The van der Waals surface area contributed by atoms with Crippen molar-refractivity contribution in [1.82, 2.24) is 9.80 Å². The second-order valence-electron chi connectivity index (χ2n) is 9.25. The Morgan fingerprint density at radius 3 is 1.55 bits per heavy atom. The van der Waals surface area contributed by atoms with E-state index in [0.717, 1.165) is 26.2 Å². The van der Waals surface area contributed by atoms with Crippen LogP contribution in [0.4, 0.5) is 11.4 Å². The molecule has 0 aromatic heterocycles. The summed E-state index contributed by atoms with van der Waals surface area (Å²) in [6.45, 7) is 4.03. The van der Waals surface area contributed by atoms with Crippen LogP contribution in [-0.2, 0) is 13.1 Å². The van der Waals surface area contributed by atoms with Crippen LogP contribution >= 0.6 is 0 Å². The first-order valence-electron chi connectivity index (χ1n) is 11.7. The molecule has 1 saturated heterocycles. The minimum absolute atomic E-state index is 0.271. The second-order valence-corrected chi connectivity index (χ2v) is 9.25. The van der Waals surface area contributed by atoms with Gasteiger partial charge in [-0.3, -0.25) is 9.80 Å². The molecule has 0 radical (unpaired) electrons. The van der Waals surface area contributed by atoms with Crippen molar-refractivity contribution in [3.63, 3.8) is 0 Å². The van der Waals surface area contributed by atoms with E-state index in [1.165, 1.54) is 28.1 Å². The van der Waals surface area contributed by atoms with Gasteiger partial charge in [-0.05, 0) is 41.0 Å². The Balaban J connectivity index is 1.52. The van der Waals surface area contributed by atoms with Crippen LogP contribution in [-0.4, -0.2) is 57.2 Å². The van der Waals surface area contributed by atoms with Crippen molar-refractivity contribution in [3.05, 3.63) is 102 Å². The molecule has 0 saturated carbocycles. The summed E-state index contributed by atoms with van der Waals surface area (Å²) >= 11 is 0. The maximum Gasteiger partial charge on any atom is 0.0824 e. The summed E-state index contributed by atoms with van der Waals surface area (Å²) in [7, 11) is 8.34. The third-order valence-electron chi connectivity index (χ3n) is 6.36. The van der Waals surface area contributed by atoms with Gasteiger partial charge in [0.05, 0.1) is 6.17 Å². The van der Waals surface area contributed by atoms with Crippen molar-refractivity contribution in [2.45, 2.75) is 19.3 Å². The molecular weight excluding hydrogens is 404 g/mol. The zero-order chi connectivity index (χ0) is 23.2. The van der Waals surface area contributed by atoms with Gasteiger partial charge in [-0.25, -0.2) is 0 Å². The summed E-state index contributed by atoms with van der Waals surface area (Å²) in [5.41, 5.74) is 6.44. The average Bonchev–Trinajstić information content (AvgIpc) is 3.19. The maximum atomic E-state index is 2.58.